The molecule has 8 nitrogen and oxygen atoms in total. The molecule has 0 radical (unpaired) electrons. The van der Waals surface area contributed by atoms with E-state index < -0.39 is 20.0 Å². The first-order valence-electron chi connectivity index (χ1n) is 14.0. The molecular weight excluding hydrogens is 657 g/mol. The molecule has 0 aliphatic rings. The van der Waals surface area contributed by atoms with E-state index in [0.29, 0.717) is 0 Å². The fraction of sp³-hybridized carbons (Fsp3) is 0.0588. The van der Waals surface area contributed by atoms with Crippen LogP contribution in [0.15, 0.2) is 141 Å². The van der Waals surface area contributed by atoms with Crippen molar-refractivity contribution >= 4 is 41.6 Å². The van der Waals surface area contributed by atoms with Gasteiger partial charge in [-0.1, -0.05) is 45.9 Å². The van der Waals surface area contributed by atoms with Crippen LogP contribution in [-0.4, -0.2) is 26.0 Å². The number of nitrogens with zero attached hydrogens (tertiary/aromatic N) is 2. The van der Waals surface area contributed by atoms with E-state index in [1.807, 2.05) is 13.8 Å². The predicted molar refractivity (Wildman–Crippen MR) is 186 cm³/mol. The standard InChI is InChI=1S/C34H30N4O4S4/c1-23-19-33(25-3-15-31(16-4-25)45(35,39)40)37(21-23)27-7-11-29(12-8-27)43-44-30-13-9-28(10-14-30)38-22-24(2)20-34(38)26-5-17-32(18-6-26)46(36,41)42/h3-22H,1-2H3,(H2,35,39,40)(H2,36,41,42). The Labute approximate surface area is 276 Å². The van der Waals surface area contributed by atoms with Crippen molar-refractivity contribution in [3.63, 3.8) is 0 Å². The zero-order valence-electron chi connectivity index (χ0n) is 24.9. The SMILES string of the molecule is Cc1cc(-c2ccc(S(N)(=O)=O)cc2)n(-c2ccc(SSc3ccc(-n4cc(C)cc4-c4ccc(S(N)(=O)=O)cc4)cc3)cc2)c1. The van der Waals surface area contributed by atoms with Crippen LogP contribution >= 0.6 is 21.6 Å². The molecule has 46 heavy (non-hydrogen) atoms. The second-order valence-corrected chi connectivity index (χ2v) is 16.2. The third kappa shape index (κ3) is 7.02. The zero-order chi connectivity index (χ0) is 32.6. The molecule has 0 fully saturated rings. The number of rotatable bonds is 9. The van der Waals surface area contributed by atoms with E-state index in [1.165, 1.54) is 24.3 Å². The van der Waals surface area contributed by atoms with Gasteiger partial charge in [0.25, 0.3) is 0 Å². The molecule has 2 heterocycles. The van der Waals surface area contributed by atoms with Crippen molar-refractivity contribution in [2.45, 2.75) is 33.4 Å². The minimum absolute atomic E-state index is 0.0826. The highest BCUT2D eigenvalue weighted by atomic mass is 33.1. The number of benzene rings is 4. The van der Waals surface area contributed by atoms with Crippen molar-refractivity contribution in [2.75, 3.05) is 0 Å². The first-order chi connectivity index (χ1) is 21.8. The highest BCUT2D eigenvalue weighted by Gasteiger charge is 2.13. The molecule has 6 aromatic rings. The van der Waals surface area contributed by atoms with E-state index in [1.54, 1.807) is 45.9 Å². The van der Waals surface area contributed by atoms with Crippen molar-refractivity contribution in [3.8, 4) is 33.9 Å². The molecule has 0 spiro atoms. The first kappa shape index (κ1) is 31.9. The van der Waals surface area contributed by atoms with Crippen LogP contribution in [0, 0.1) is 13.8 Å². The molecule has 6 rings (SSSR count). The molecule has 0 unspecified atom stereocenters. The fourth-order valence-electron chi connectivity index (χ4n) is 5.11. The maximum absolute atomic E-state index is 11.7. The van der Waals surface area contributed by atoms with Crippen molar-refractivity contribution in [3.05, 3.63) is 133 Å². The molecule has 0 saturated heterocycles. The van der Waals surface area contributed by atoms with Crippen molar-refractivity contribution in [1.82, 2.24) is 9.13 Å². The summed E-state index contributed by atoms with van der Waals surface area (Å²) in [5.74, 6) is 0. The Morgan fingerprint density at radius 1 is 0.500 bits per heavy atom. The number of primary sulfonamides is 2. The molecule has 0 atom stereocenters. The monoisotopic (exact) mass is 686 g/mol. The number of sulfonamides is 2. The summed E-state index contributed by atoms with van der Waals surface area (Å²) < 4.78 is 50.9. The molecule has 2 aromatic heterocycles. The van der Waals surface area contributed by atoms with Crippen LogP contribution in [0.25, 0.3) is 33.9 Å². The van der Waals surface area contributed by atoms with E-state index in [0.717, 1.165) is 54.8 Å². The van der Waals surface area contributed by atoms with Crippen LogP contribution in [-0.2, 0) is 20.0 Å². The third-order valence-corrected chi connectivity index (χ3v) is 11.6. The lowest BCUT2D eigenvalue weighted by atomic mass is 10.1. The Kier molecular flexibility index (Phi) is 8.77. The molecule has 0 bridgehead atoms. The molecule has 4 N–H and O–H groups in total. The van der Waals surface area contributed by atoms with Crippen LogP contribution in [0.3, 0.4) is 0 Å². The molecule has 234 valence electrons. The van der Waals surface area contributed by atoms with Crippen LogP contribution < -0.4 is 10.3 Å². The summed E-state index contributed by atoms with van der Waals surface area (Å²) in [6.45, 7) is 4.05. The highest BCUT2D eigenvalue weighted by Crippen LogP contribution is 2.38. The van der Waals surface area contributed by atoms with Gasteiger partial charge in [0.05, 0.1) is 21.2 Å². The van der Waals surface area contributed by atoms with Crippen molar-refractivity contribution in [1.29, 1.82) is 0 Å². The number of hydrogen-bond donors (Lipinski definition) is 2. The molecule has 0 saturated carbocycles. The van der Waals surface area contributed by atoms with Gasteiger partial charge in [-0.2, -0.15) is 0 Å². The lowest BCUT2D eigenvalue weighted by molar-refractivity contribution is 0.596. The van der Waals surface area contributed by atoms with Gasteiger partial charge in [0.2, 0.25) is 20.0 Å². The Bertz CT molecular complexity index is 2080. The lowest BCUT2D eigenvalue weighted by Crippen LogP contribution is -2.11. The van der Waals surface area contributed by atoms with Gasteiger partial charge in [0, 0.05) is 33.6 Å². The summed E-state index contributed by atoms with van der Waals surface area (Å²) in [5, 5.41) is 10.5. The number of hydrogen-bond acceptors (Lipinski definition) is 6. The van der Waals surface area contributed by atoms with E-state index in [2.05, 4.69) is 82.2 Å². The second-order valence-electron chi connectivity index (χ2n) is 10.8. The Morgan fingerprint density at radius 3 is 1.13 bits per heavy atom. The van der Waals surface area contributed by atoms with Crippen molar-refractivity contribution < 1.29 is 16.8 Å². The smallest absolute Gasteiger partial charge is 0.238 e. The van der Waals surface area contributed by atoms with E-state index in [-0.39, 0.29) is 9.79 Å². The highest BCUT2D eigenvalue weighted by molar-refractivity contribution is 8.76. The Morgan fingerprint density at radius 2 is 0.826 bits per heavy atom. The van der Waals surface area contributed by atoms with E-state index >= 15 is 0 Å². The summed E-state index contributed by atoms with van der Waals surface area (Å²) in [4.78, 5) is 2.37. The van der Waals surface area contributed by atoms with Gasteiger partial charge >= 0.3 is 0 Å². The molecule has 4 aromatic carbocycles. The van der Waals surface area contributed by atoms with Crippen LogP contribution in [0.2, 0.25) is 0 Å². The molecule has 12 heteroatoms. The molecule has 0 amide bonds. The maximum Gasteiger partial charge on any atom is 0.238 e. The minimum atomic E-state index is -3.75. The van der Waals surface area contributed by atoms with Crippen LogP contribution in [0.4, 0.5) is 0 Å². The number of aromatic nitrogens is 2. The maximum atomic E-state index is 11.7. The summed E-state index contributed by atoms with van der Waals surface area (Å²) in [6, 6.07) is 33.9. The summed E-state index contributed by atoms with van der Waals surface area (Å²) in [5.41, 5.74) is 7.85. The minimum Gasteiger partial charge on any atom is -0.316 e. The van der Waals surface area contributed by atoms with Crippen molar-refractivity contribution in [2.24, 2.45) is 10.3 Å². The topological polar surface area (TPSA) is 130 Å². The third-order valence-electron chi connectivity index (χ3n) is 7.33. The Hall–Kier alpha value is -4.04. The van der Waals surface area contributed by atoms with Gasteiger partial charge in [-0.25, -0.2) is 27.1 Å². The predicted octanol–water partition coefficient (Wildman–Crippen LogP) is 7.31. The lowest BCUT2D eigenvalue weighted by Gasteiger charge is -2.12. The normalized spacial score (nSPS) is 12.0. The number of nitrogens with two attached hydrogens (primary N) is 2. The van der Waals surface area contributed by atoms with Crippen LogP contribution in [0.1, 0.15) is 11.1 Å². The number of aryl methyl sites for hydroxylation is 2. The van der Waals surface area contributed by atoms with E-state index in [9.17, 15) is 16.8 Å². The molecular formula is C34H30N4O4S4. The Balaban J connectivity index is 1.15. The fourth-order valence-corrected chi connectivity index (χ4v) is 8.08. The first-order valence-corrected chi connectivity index (χ1v) is 19.3. The second kappa shape index (κ2) is 12.6. The van der Waals surface area contributed by atoms with Gasteiger partial charge in [0.1, 0.15) is 0 Å². The van der Waals surface area contributed by atoms with Crippen LogP contribution in [0.5, 0.6) is 0 Å². The van der Waals surface area contributed by atoms with Gasteiger partial charge < -0.3 is 9.13 Å². The van der Waals surface area contributed by atoms with Gasteiger partial charge in [-0.05, 0) is 121 Å². The average Bonchev–Trinajstić information content (AvgIpc) is 3.62. The summed E-state index contributed by atoms with van der Waals surface area (Å²) >= 11 is 0. The van der Waals surface area contributed by atoms with E-state index in [4.69, 9.17) is 10.3 Å². The van der Waals surface area contributed by atoms with Gasteiger partial charge in [0.15, 0.2) is 0 Å². The quantitative estimate of drug-likeness (QED) is 0.153. The molecule has 0 aliphatic carbocycles. The average molecular weight is 687 g/mol. The summed E-state index contributed by atoms with van der Waals surface area (Å²) in [6.07, 6.45) is 4.11. The molecule has 0 aliphatic heterocycles. The largest absolute Gasteiger partial charge is 0.316 e. The van der Waals surface area contributed by atoms with Gasteiger partial charge in [-0.3, -0.25) is 0 Å². The zero-order valence-corrected chi connectivity index (χ0v) is 28.1. The van der Waals surface area contributed by atoms with Gasteiger partial charge in [-0.15, -0.1) is 0 Å². The summed E-state index contributed by atoms with van der Waals surface area (Å²) in [7, 11) is -4.17.